The minimum Gasteiger partial charge on any atom is -0.460 e. The number of likely N-dealkylation sites (N-methyl/N-ethyl adjacent to an activating group) is 1. The third kappa shape index (κ3) is 16.6. The molecule has 3 fully saturated rings. The van der Waals surface area contributed by atoms with Gasteiger partial charge in [-0.1, -0.05) is 76.1 Å². The number of carbonyl (C=O) groups is 5. The number of nitrogens with zero attached hydrogens (tertiary/aromatic N) is 1. The van der Waals surface area contributed by atoms with Crippen molar-refractivity contribution in [2.45, 2.75) is 186 Å². The van der Waals surface area contributed by atoms with Crippen LogP contribution in [0.25, 0.3) is 0 Å². The van der Waals surface area contributed by atoms with E-state index in [1.807, 2.05) is 13.0 Å². The van der Waals surface area contributed by atoms with Gasteiger partial charge >= 0.3 is 5.97 Å². The fraction of sp³-hybridized carbons (Fsp3) is 0.755. The molecule has 4 aliphatic rings. The molecule has 14 atom stereocenters. The number of carbonyl (C=O) groups excluding carboxylic acids is 5. The van der Waals surface area contributed by atoms with Gasteiger partial charge in [-0.05, 0) is 115 Å². The van der Waals surface area contributed by atoms with Gasteiger partial charge in [0.1, 0.15) is 30.1 Å². The third-order valence-electron chi connectivity index (χ3n) is 15.3. The highest BCUT2D eigenvalue weighted by atomic mass is 32.2. The Balaban J connectivity index is 1.65. The van der Waals surface area contributed by atoms with Crippen LogP contribution in [0.2, 0.25) is 0 Å². The van der Waals surface area contributed by atoms with Crippen LogP contribution >= 0.6 is 0 Å². The van der Waals surface area contributed by atoms with Gasteiger partial charge in [0.15, 0.2) is 5.78 Å². The number of nitrogens with one attached hydrogen (secondary N) is 1. The maximum Gasteiger partial charge on any atom is 0.328 e. The van der Waals surface area contributed by atoms with Crippen LogP contribution in [0.4, 0.5) is 0 Å². The number of allylic oxidation sites excluding steroid dienone is 6. The molecule has 0 aromatic heterocycles. The van der Waals surface area contributed by atoms with E-state index in [1.165, 1.54) is 40.3 Å². The van der Waals surface area contributed by atoms with Crippen molar-refractivity contribution >= 4 is 39.2 Å². The first-order valence-corrected chi connectivity index (χ1v) is 27.3. The van der Waals surface area contributed by atoms with E-state index in [0.717, 1.165) is 37.0 Å². The molecule has 2 aliphatic heterocycles. The number of Topliss-reactive ketones (excluding diaryl/α,β-unsaturated/α-hetero) is 3. The van der Waals surface area contributed by atoms with Crippen molar-refractivity contribution in [1.29, 1.82) is 0 Å². The number of hydrogen-bond donors (Lipinski definition) is 3. The van der Waals surface area contributed by atoms with Gasteiger partial charge < -0.3 is 38.8 Å². The fourth-order valence-electron chi connectivity index (χ4n) is 9.98. The molecule has 0 aromatic rings. The number of cyclic esters (lactones) is 1. The smallest absolute Gasteiger partial charge is 0.328 e. The van der Waals surface area contributed by atoms with Crippen LogP contribution in [0.5, 0.6) is 0 Å². The van der Waals surface area contributed by atoms with Gasteiger partial charge in [-0.15, -0.1) is 0 Å². The second-order valence-corrected chi connectivity index (χ2v) is 22.7. The lowest BCUT2D eigenvalue weighted by atomic mass is 9.78. The van der Waals surface area contributed by atoms with Crippen LogP contribution in [0.15, 0.2) is 47.6 Å². The SMILES string of the molecule is COC1C(=O)C(C)CC\C=C/C=C\C=C(\C)[C@H](NS(C)(=O)=O)C[C@H]2CC[C@H](C)[C@](O)(O2)C(=O)C(=O)N(C)C(C)C(=O)OC([C@H](C)C[C@@H]2CC[C@@H](OCC3CCC3)[C@H](OC)C2)CC(=O)C(C)/C=C(/C)C1O. The van der Waals surface area contributed by atoms with Crippen molar-refractivity contribution in [3.63, 3.8) is 0 Å². The number of esters is 1. The Hall–Kier alpha value is -3.42. The second-order valence-electron chi connectivity index (χ2n) is 20.9. The number of hydrogen-bond acceptors (Lipinski definition) is 14. The van der Waals surface area contributed by atoms with E-state index in [2.05, 4.69) is 4.72 Å². The van der Waals surface area contributed by atoms with Gasteiger partial charge in [0, 0.05) is 58.1 Å². The van der Waals surface area contributed by atoms with Crippen LogP contribution in [-0.2, 0) is 57.7 Å². The Kier molecular flexibility index (Phi) is 22.8. The number of sulfonamides is 1. The molecule has 1 amide bonds. The van der Waals surface area contributed by atoms with Gasteiger partial charge in [0.2, 0.25) is 15.8 Å². The van der Waals surface area contributed by atoms with Gasteiger partial charge in [-0.25, -0.2) is 17.9 Å². The molecule has 0 radical (unpaired) electrons. The standard InChI is InChI=1S/C53H84N2O14S/c1-32-18-15-13-12-14-16-19-33(2)47(57)49(66-10)48(58)36(5)26-34(3)43(56)30-45(35(4)27-40-23-25-44(46(28-40)65-9)67-31-39-20-17-21-39)68-52(61)38(7)55(8)51(60)50(59)53(62)37(6)22-24-41(69-53)29-42(32)54-70(11,63)64/h12-15,18,26,33-35,37-42,44-46,48-49,54,58,62H,16-17,19-25,27-31H2,1-11H3/b14-12-,15-13-,32-18-,36-26-/t33?,34?,35-,37+,38?,40+,41-,42-,44-,45?,46-,48?,49?,53+/m1/s1. The molecule has 16 nitrogen and oxygen atoms in total. The van der Waals surface area contributed by atoms with E-state index in [0.29, 0.717) is 42.7 Å². The van der Waals surface area contributed by atoms with Gasteiger partial charge in [0.25, 0.3) is 11.7 Å². The molecule has 0 spiro atoms. The predicted molar refractivity (Wildman–Crippen MR) is 266 cm³/mol. The molecule has 70 heavy (non-hydrogen) atoms. The summed E-state index contributed by atoms with van der Waals surface area (Å²) in [6.07, 6.45) is 15.1. The minimum atomic E-state index is -3.73. The van der Waals surface area contributed by atoms with Crippen LogP contribution in [-0.4, -0.2) is 141 Å². The molecule has 3 N–H and O–H groups in total. The zero-order chi connectivity index (χ0) is 52.1. The lowest BCUT2D eigenvalue weighted by molar-refractivity contribution is -0.263. The topological polar surface area (TPSA) is 221 Å². The monoisotopic (exact) mass is 1000 g/mol. The Morgan fingerprint density at radius 3 is 2.21 bits per heavy atom. The van der Waals surface area contributed by atoms with E-state index < -0.39 is 87.7 Å². The minimum absolute atomic E-state index is 0.0215. The highest BCUT2D eigenvalue weighted by Crippen LogP contribution is 2.38. The molecule has 2 aliphatic carbocycles. The molecule has 2 saturated carbocycles. The number of aliphatic hydroxyl groups is 2. The van der Waals surface area contributed by atoms with E-state index >= 15 is 0 Å². The Bertz CT molecular complexity index is 2030. The average molecular weight is 1010 g/mol. The third-order valence-corrected chi connectivity index (χ3v) is 16.0. The Morgan fingerprint density at radius 1 is 0.886 bits per heavy atom. The Labute approximate surface area is 417 Å². The van der Waals surface area contributed by atoms with Crippen molar-refractivity contribution in [3.05, 3.63) is 47.6 Å². The van der Waals surface area contributed by atoms with E-state index in [9.17, 15) is 42.6 Å². The normalized spacial score (nSPS) is 37.8. The number of aliphatic hydroxyl groups excluding tert-OH is 1. The van der Waals surface area contributed by atoms with Gasteiger partial charge in [-0.3, -0.25) is 19.2 Å². The number of rotatable bonds is 10. The van der Waals surface area contributed by atoms with Crippen molar-refractivity contribution in [1.82, 2.24) is 9.62 Å². The summed E-state index contributed by atoms with van der Waals surface area (Å²) in [5.74, 6) is -8.14. The van der Waals surface area contributed by atoms with E-state index in [4.69, 9.17) is 23.7 Å². The maximum atomic E-state index is 14.1. The Morgan fingerprint density at radius 2 is 1.59 bits per heavy atom. The first-order valence-electron chi connectivity index (χ1n) is 25.4. The molecule has 6 unspecified atom stereocenters. The van der Waals surface area contributed by atoms with Gasteiger partial charge in [0.05, 0.1) is 24.6 Å². The molecule has 396 valence electrons. The van der Waals surface area contributed by atoms with E-state index in [-0.39, 0.29) is 54.9 Å². The number of fused-ring (bicyclic) bond motifs is 2. The van der Waals surface area contributed by atoms with Gasteiger partial charge in [-0.2, -0.15) is 0 Å². The predicted octanol–water partition coefficient (Wildman–Crippen LogP) is 6.13. The molecule has 2 heterocycles. The highest BCUT2D eigenvalue weighted by molar-refractivity contribution is 7.88. The lowest BCUT2D eigenvalue weighted by Gasteiger charge is -2.42. The average Bonchev–Trinajstić information content (AvgIpc) is 3.29. The van der Waals surface area contributed by atoms with Crippen LogP contribution in [0.3, 0.4) is 0 Å². The first-order chi connectivity index (χ1) is 32.9. The van der Waals surface area contributed by atoms with Crippen LogP contribution < -0.4 is 4.72 Å². The summed E-state index contributed by atoms with van der Waals surface area (Å²) in [5.41, 5.74) is 0.983. The second kappa shape index (κ2) is 27.0. The molecule has 4 rings (SSSR count). The zero-order valence-corrected chi connectivity index (χ0v) is 44.4. The number of ether oxygens (including phenoxy) is 5. The van der Waals surface area contributed by atoms with Crippen molar-refractivity contribution in [2.24, 2.45) is 35.5 Å². The van der Waals surface area contributed by atoms with Crippen LogP contribution in [0.1, 0.15) is 132 Å². The number of ketones is 3. The van der Waals surface area contributed by atoms with Crippen molar-refractivity contribution in [2.75, 3.05) is 34.1 Å². The lowest BCUT2D eigenvalue weighted by Crippen LogP contribution is -2.59. The van der Waals surface area contributed by atoms with E-state index in [1.54, 1.807) is 72.1 Å². The molecular formula is C53H84N2O14S. The maximum absolute atomic E-state index is 14.1. The van der Waals surface area contributed by atoms with Crippen molar-refractivity contribution in [3.8, 4) is 0 Å². The summed E-state index contributed by atoms with van der Waals surface area (Å²) in [6.45, 7) is 12.4. The quantitative estimate of drug-likeness (QED) is 0.127. The number of methoxy groups -OCH3 is 2. The molecular weight excluding hydrogens is 921 g/mol. The number of amides is 1. The van der Waals surface area contributed by atoms with Crippen LogP contribution in [0, 0.1) is 35.5 Å². The fourth-order valence-corrected chi connectivity index (χ4v) is 10.8. The first kappa shape index (κ1) is 59.1. The molecule has 2 bridgehead atoms. The summed E-state index contributed by atoms with van der Waals surface area (Å²) in [5, 5.41) is 23.3. The molecule has 0 aromatic carbocycles. The summed E-state index contributed by atoms with van der Waals surface area (Å²) >= 11 is 0. The van der Waals surface area contributed by atoms with Crippen molar-refractivity contribution < 1.29 is 66.3 Å². The summed E-state index contributed by atoms with van der Waals surface area (Å²) in [4.78, 5) is 70.8. The largest absolute Gasteiger partial charge is 0.460 e. The zero-order valence-electron chi connectivity index (χ0n) is 43.6. The highest BCUT2D eigenvalue weighted by Gasteiger charge is 2.52. The summed E-state index contributed by atoms with van der Waals surface area (Å²) in [6, 6.07) is -2.13. The molecule has 17 heteroatoms. The molecule has 1 saturated heterocycles. The summed E-state index contributed by atoms with van der Waals surface area (Å²) < 4.78 is 57.6. The summed E-state index contributed by atoms with van der Waals surface area (Å²) in [7, 11) is 0.564.